The highest BCUT2D eigenvalue weighted by atomic mass is 16.6. The molecule has 4 aliphatic heterocycles. The van der Waals surface area contributed by atoms with Gasteiger partial charge in [0.2, 0.25) is 11.8 Å². The van der Waals surface area contributed by atoms with Gasteiger partial charge in [0.05, 0.1) is 18.1 Å². The van der Waals surface area contributed by atoms with Crippen molar-refractivity contribution >= 4 is 17.8 Å². The molecule has 0 radical (unpaired) electrons. The van der Waals surface area contributed by atoms with Crippen molar-refractivity contribution in [3.05, 3.63) is 24.3 Å². The standard InChI is InChI=1S/C29H44N2O6/c1-26(2,3)19-27(4,5)31-16-11-14-29-20(23(33)30(15-12-17-32)22(29)24(31)34)21-25(35)36-18-10-8-7-9-13-28(21,6)37-29/h9,11,13-14,20-22,32H,7-8,10,12,15-19H2,1-6H3/b13-9-/t20-,21+,22?,28-,29-/m0/s1. The molecule has 2 saturated heterocycles. The molecule has 0 aromatic carbocycles. The molecule has 206 valence electrons. The van der Waals surface area contributed by atoms with Crippen molar-refractivity contribution in [2.24, 2.45) is 17.3 Å². The van der Waals surface area contributed by atoms with Crippen molar-refractivity contribution in [2.75, 3.05) is 26.3 Å². The maximum atomic E-state index is 14.5. The number of allylic oxidation sites excluding steroid dienone is 1. The van der Waals surface area contributed by atoms with Gasteiger partial charge in [-0.05, 0) is 58.3 Å². The lowest BCUT2D eigenvalue weighted by Gasteiger charge is -2.44. The summed E-state index contributed by atoms with van der Waals surface area (Å²) in [7, 11) is 0. The van der Waals surface area contributed by atoms with Gasteiger partial charge in [-0.25, -0.2) is 0 Å². The lowest BCUT2D eigenvalue weighted by molar-refractivity contribution is -0.161. The van der Waals surface area contributed by atoms with Crippen LogP contribution in [0.4, 0.5) is 0 Å². The van der Waals surface area contributed by atoms with Crippen LogP contribution in [0.1, 0.15) is 73.6 Å². The van der Waals surface area contributed by atoms with Gasteiger partial charge in [0, 0.05) is 25.2 Å². The fourth-order valence-corrected chi connectivity index (χ4v) is 7.22. The van der Waals surface area contributed by atoms with Crippen molar-refractivity contribution in [3.63, 3.8) is 0 Å². The number of hydrogen-bond acceptors (Lipinski definition) is 6. The number of aliphatic hydroxyl groups is 1. The Kier molecular flexibility index (Phi) is 7.40. The molecule has 4 heterocycles. The van der Waals surface area contributed by atoms with E-state index in [0.717, 1.165) is 25.7 Å². The Morgan fingerprint density at radius 1 is 1.03 bits per heavy atom. The molecule has 1 unspecified atom stereocenters. The topological polar surface area (TPSA) is 96.4 Å². The molecule has 4 aliphatic rings. The zero-order valence-corrected chi connectivity index (χ0v) is 23.3. The SMILES string of the molecule is CC(C)(C)CC(C)(C)N1CC=C[C@]23O[C@@]4(C)/C=C\CCCCOC(=O)[C@H]4[C@H]2C(=O)N(CCCO)C3C1=O. The number of amides is 2. The number of esters is 1. The number of likely N-dealkylation sites (tertiary alicyclic amines) is 1. The van der Waals surface area contributed by atoms with E-state index in [-0.39, 0.29) is 30.4 Å². The molecule has 2 amide bonds. The second kappa shape index (κ2) is 9.84. The fraction of sp³-hybridized carbons (Fsp3) is 0.759. The summed E-state index contributed by atoms with van der Waals surface area (Å²) < 4.78 is 12.5. The van der Waals surface area contributed by atoms with E-state index in [0.29, 0.717) is 19.6 Å². The summed E-state index contributed by atoms with van der Waals surface area (Å²) in [5.41, 5.74) is -2.88. The number of carbonyl (C=O) groups is 3. The Balaban J connectivity index is 1.83. The smallest absolute Gasteiger partial charge is 0.313 e. The number of hydrogen-bond donors (Lipinski definition) is 1. The molecule has 0 saturated carbocycles. The number of rotatable bonds is 5. The van der Waals surface area contributed by atoms with Gasteiger partial charge in [-0.2, -0.15) is 0 Å². The molecule has 4 rings (SSSR count). The zero-order chi connectivity index (χ0) is 27.2. The Hall–Kier alpha value is -2.19. The molecule has 1 N–H and O–H groups in total. The third-order valence-electron chi connectivity index (χ3n) is 8.25. The minimum atomic E-state index is -1.30. The molecule has 0 aliphatic carbocycles. The molecule has 0 aromatic rings. The minimum Gasteiger partial charge on any atom is -0.465 e. The average Bonchev–Trinajstić information content (AvgIpc) is 3.10. The largest absolute Gasteiger partial charge is 0.465 e. The maximum absolute atomic E-state index is 14.5. The summed E-state index contributed by atoms with van der Waals surface area (Å²) in [5, 5.41) is 9.58. The molecule has 8 heteroatoms. The summed E-state index contributed by atoms with van der Waals surface area (Å²) in [6.45, 7) is 13.2. The molecule has 0 aromatic heterocycles. The summed E-state index contributed by atoms with van der Waals surface area (Å²) in [4.78, 5) is 45.5. The first-order valence-corrected chi connectivity index (χ1v) is 13.7. The summed E-state index contributed by atoms with van der Waals surface area (Å²) in [6, 6.07) is -0.926. The van der Waals surface area contributed by atoms with Crippen LogP contribution in [0.2, 0.25) is 0 Å². The summed E-state index contributed by atoms with van der Waals surface area (Å²) in [5.74, 6) is -2.69. The Bertz CT molecular complexity index is 981. The van der Waals surface area contributed by atoms with Crippen LogP contribution in [-0.2, 0) is 23.9 Å². The zero-order valence-electron chi connectivity index (χ0n) is 23.3. The summed E-state index contributed by atoms with van der Waals surface area (Å²) in [6.07, 6.45) is 11.3. The number of cyclic esters (lactones) is 1. The molecular formula is C29H44N2O6. The number of aliphatic hydroxyl groups excluding tert-OH is 1. The van der Waals surface area contributed by atoms with Gasteiger partial charge in [-0.1, -0.05) is 45.1 Å². The van der Waals surface area contributed by atoms with E-state index < -0.39 is 40.6 Å². The average molecular weight is 517 g/mol. The maximum Gasteiger partial charge on any atom is 0.313 e. The number of ether oxygens (including phenoxy) is 2. The Morgan fingerprint density at radius 3 is 2.43 bits per heavy atom. The molecular weight excluding hydrogens is 472 g/mol. The molecule has 37 heavy (non-hydrogen) atoms. The number of nitrogens with zero attached hydrogens (tertiary/aromatic N) is 2. The minimum absolute atomic E-state index is 0.0174. The highest BCUT2D eigenvalue weighted by Gasteiger charge is 2.74. The van der Waals surface area contributed by atoms with Crippen LogP contribution in [0.25, 0.3) is 0 Å². The van der Waals surface area contributed by atoms with Crippen LogP contribution in [-0.4, -0.2) is 81.8 Å². The van der Waals surface area contributed by atoms with Crippen LogP contribution in [0.15, 0.2) is 24.3 Å². The number of carbonyl (C=O) groups excluding carboxylic acids is 3. The molecule has 1 spiro atoms. The van der Waals surface area contributed by atoms with Gasteiger partial charge in [0.15, 0.2) is 0 Å². The van der Waals surface area contributed by atoms with Crippen LogP contribution in [0, 0.1) is 17.3 Å². The van der Waals surface area contributed by atoms with Gasteiger partial charge >= 0.3 is 5.97 Å². The van der Waals surface area contributed by atoms with E-state index in [1.165, 1.54) is 0 Å². The third-order valence-corrected chi connectivity index (χ3v) is 8.25. The second-order valence-corrected chi connectivity index (χ2v) is 13.1. The normalized spacial score (nSPS) is 35.5. The van der Waals surface area contributed by atoms with E-state index in [1.54, 1.807) is 4.90 Å². The highest BCUT2D eigenvalue weighted by Crippen LogP contribution is 2.57. The Labute approximate surface area is 221 Å². The first-order valence-electron chi connectivity index (χ1n) is 13.7. The van der Waals surface area contributed by atoms with Crippen molar-refractivity contribution in [3.8, 4) is 0 Å². The first kappa shape index (κ1) is 27.8. The van der Waals surface area contributed by atoms with Crippen LogP contribution < -0.4 is 0 Å². The summed E-state index contributed by atoms with van der Waals surface area (Å²) >= 11 is 0. The van der Waals surface area contributed by atoms with Crippen LogP contribution in [0.3, 0.4) is 0 Å². The highest BCUT2D eigenvalue weighted by molar-refractivity contribution is 5.99. The first-order chi connectivity index (χ1) is 17.3. The van der Waals surface area contributed by atoms with Crippen molar-refractivity contribution < 1.29 is 29.0 Å². The van der Waals surface area contributed by atoms with E-state index in [9.17, 15) is 19.5 Å². The molecule has 5 atom stereocenters. The lowest BCUT2D eigenvalue weighted by atomic mass is 9.74. The third kappa shape index (κ3) is 4.87. The van der Waals surface area contributed by atoms with Crippen LogP contribution in [0.5, 0.6) is 0 Å². The molecule has 2 fully saturated rings. The molecule has 0 bridgehead atoms. The van der Waals surface area contributed by atoms with Gasteiger partial charge < -0.3 is 24.4 Å². The van der Waals surface area contributed by atoms with Crippen molar-refractivity contribution in [1.29, 1.82) is 0 Å². The molecule has 8 nitrogen and oxygen atoms in total. The lowest BCUT2D eigenvalue weighted by Crippen LogP contribution is -2.60. The Morgan fingerprint density at radius 2 is 1.76 bits per heavy atom. The predicted molar refractivity (Wildman–Crippen MR) is 139 cm³/mol. The van der Waals surface area contributed by atoms with Crippen molar-refractivity contribution in [2.45, 2.75) is 96.4 Å². The van der Waals surface area contributed by atoms with E-state index in [1.807, 2.05) is 36.1 Å². The van der Waals surface area contributed by atoms with Gasteiger partial charge in [-0.3, -0.25) is 14.4 Å². The van der Waals surface area contributed by atoms with Crippen molar-refractivity contribution in [1.82, 2.24) is 9.80 Å². The van der Waals surface area contributed by atoms with E-state index >= 15 is 0 Å². The second-order valence-electron chi connectivity index (χ2n) is 13.1. The van der Waals surface area contributed by atoms with E-state index in [4.69, 9.17) is 9.47 Å². The van der Waals surface area contributed by atoms with Gasteiger partial charge in [-0.15, -0.1) is 0 Å². The van der Waals surface area contributed by atoms with E-state index in [2.05, 4.69) is 34.6 Å². The van der Waals surface area contributed by atoms with Gasteiger partial charge in [0.1, 0.15) is 17.6 Å². The number of fused-ring (bicyclic) bond motifs is 2. The van der Waals surface area contributed by atoms with Crippen LogP contribution >= 0.6 is 0 Å². The fourth-order valence-electron chi connectivity index (χ4n) is 7.22. The van der Waals surface area contributed by atoms with Gasteiger partial charge in [0.25, 0.3) is 0 Å². The predicted octanol–water partition coefficient (Wildman–Crippen LogP) is 3.24. The quantitative estimate of drug-likeness (QED) is 0.445. The monoisotopic (exact) mass is 516 g/mol.